The van der Waals surface area contributed by atoms with Gasteiger partial charge in [0.05, 0.1) is 0 Å². The Hall–Kier alpha value is -3.14. The third-order valence-electron chi connectivity index (χ3n) is 4.96. The number of amides is 1. The summed E-state index contributed by atoms with van der Waals surface area (Å²) < 4.78 is 5.95. The second kappa shape index (κ2) is 8.04. The number of likely N-dealkylation sites (tertiary alicyclic amines) is 1. The number of hydrogen-bond acceptors (Lipinski definition) is 3. The average Bonchev–Trinajstić information content (AvgIpc) is 2.75. The molecule has 136 valence electrons. The van der Waals surface area contributed by atoms with Crippen LogP contribution in [0.1, 0.15) is 34.7 Å². The van der Waals surface area contributed by atoms with Crippen molar-refractivity contribution in [1.82, 2.24) is 9.88 Å². The SMILES string of the molecule is O=C(c1cnccc1Oc1ccccc1)N1CCCC(c2ccccc2)C1. The molecule has 0 aliphatic carbocycles. The maximum Gasteiger partial charge on any atom is 0.259 e. The van der Waals surface area contributed by atoms with E-state index in [-0.39, 0.29) is 5.91 Å². The lowest BCUT2D eigenvalue weighted by Gasteiger charge is -2.33. The molecule has 0 radical (unpaired) electrons. The fourth-order valence-electron chi connectivity index (χ4n) is 3.58. The van der Waals surface area contributed by atoms with Crippen molar-refractivity contribution in [2.45, 2.75) is 18.8 Å². The van der Waals surface area contributed by atoms with Crippen LogP contribution >= 0.6 is 0 Å². The molecule has 0 bridgehead atoms. The number of aromatic nitrogens is 1. The lowest BCUT2D eigenvalue weighted by molar-refractivity contribution is 0.0704. The summed E-state index contributed by atoms with van der Waals surface area (Å²) in [5.41, 5.74) is 1.80. The third kappa shape index (κ3) is 4.00. The van der Waals surface area contributed by atoms with Crippen molar-refractivity contribution in [1.29, 1.82) is 0 Å². The average molecular weight is 358 g/mol. The zero-order valence-corrected chi connectivity index (χ0v) is 15.1. The van der Waals surface area contributed by atoms with Gasteiger partial charge in [0.15, 0.2) is 0 Å². The fourth-order valence-corrected chi connectivity index (χ4v) is 3.58. The first-order valence-electron chi connectivity index (χ1n) is 9.32. The number of nitrogens with zero attached hydrogens (tertiary/aromatic N) is 2. The molecule has 1 saturated heterocycles. The molecule has 3 aromatic rings. The quantitative estimate of drug-likeness (QED) is 0.666. The Morgan fingerprint density at radius 1 is 1.00 bits per heavy atom. The van der Waals surface area contributed by atoms with Gasteiger partial charge in [0.2, 0.25) is 0 Å². The van der Waals surface area contributed by atoms with Gasteiger partial charge in [0.25, 0.3) is 5.91 Å². The van der Waals surface area contributed by atoms with Crippen molar-refractivity contribution >= 4 is 5.91 Å². The van der Waals surface area contributed by atoms with Crippen molar-refractivity contribution in [3.63, 3.8) is 0 Å². The van der Waals surface area contributed by atoms with Crippen LogP contribution in [0.25, 0.3) is 0 Å². The smallest absolute Gasteiger partial charge is 0.259 e. The minimum atomic E-state index is -0.0188. The topological polar surface area (TPSA) is 42.4 Å². The predicted molar refractivity (Wildman–Crippen MR) is 105 cm³/mol. The van der Waals surface area contributed by atoms with Crippen molar-refractivity contribution < 1.29 is 9.53 Å². The van der Waals surface area contributed by atoms with Crippen molar-refractivity contribution in [2.24, 2.45) is 0 Å². The van der Waals surface area contributed by atoms with Crippen LogP contribution in [0.5, 0.6) is 11.5 Å². The summed E-state index contributed by atoms with van der Waals surface area (Å²) in [4.78, 5) is 19.3. The van der Waals surface area contributed by atoms with Crippen LogP contribution in [-0.2, 0) is 0 Å². The third-order valence-corrected chi connectivity index (χ3v) is 4.96. The minimum absolute atomic E-state index is 0.0188. The van der Waals surface area contributed by atoms with E-state index in [0.717, 1.165) is 25.9 Å². The number of piperidine rings is 1. The number of carbonyl (C=O) groups is 1. The number of carbonyl (C=O) groups excluding carboxylic acids is 1. The maximum absolute atomic E-state index is 13.2. The molecule has 1 atom stereocenters. The number of pyridine rings is 1. The van der Waals surface area contributed by atoms with Crippen LogP contribution in [0, 0.1) is 0 Å². The van der Waals surface area contributed by atoms with Gasteiger partial charge in [-0.05, 0) is 36.6 Å². The lowest BCUT2D eigenvalue weighted by Crippen LogP contribution is -2.39. The van der Waals surface area contributed by atoms with E-state index in [4.69, 9.17) is 4.74 Å². The highest BCUT2D eigenvalue weighted by Crippen LogP contribution is 2.30. The Balaban J connectivity index is 1.54. The molecule has 1 amide bonds. The van der Waals surface area contributed by atoms with Crippen LogP contribution in [0.3, 0.4) is 0 Å². The Morgan fingerprint density at radius 3 is 2.52 bits per heavy atom. The molecular weight excluding hydrogens is 336 g/mol. The van der Waals surface area contributed by atoms with Crippen molar-refractivity contribution in [2.75, 3.05) is 13.1 Å². The van der Waals surface area contributed by atoms with E-state index in [0.29, 0.717) is 23.0 Å². The first-order chi connectivity index (χ1) is 13.3. The number of para-hydroxylation sites is 1. The molecule has 2 heterocycles. The highest BCUT2D eigenvalue weighted by Gasteiger charge is 2.27. The molecule has 1 aromatic heterocycles. The van der Waals surface area contributed by atoms with Gasteiger partial charge in [0, 0.05) is 31.4 Å². The van der Waals surface area contributed by atoms with Gasteiger partial charge in [-0.3, -0.25) is 9.78 Å². The van der Waals surface area contributed by atoms with Gasteiger partial charge in [-0.2, -0.15) is 0 Å². The second-order valence-electron chi connectivity index (χ2n) is 6.79. The molecule has 0 saturated carbocycles. The van der Waals surface area contributed by atoms with Crippen LogP contribution in [0.4, 0.5) is 0 Å². The number of ether oxygens (including phenoxy) is 1. The van der Waals surface area contributed by atoms with Crippen LogP contribution in [-0.4, -0.2) is 28.9 Å². The molecule has 1 aliphatic rings. The number of hydrogen-bond donors (Lipinski definition) is 0. The lowest BCUT2D eigenvalue weighted by atomic mass is 9.90. The van der Waals surface area contributed by atoms with E-state index in [1.165, 1.54) is 5.56 Å². The van der Waals surface area contributed by atoms with Gasteiger partial charge in [-0.25, -0.2) is 0 Å². The zero-order chi connectivity index (χ0) is 18.5. The highest BCUT2D eigenvalue weighted by atomic mass is 16.5. The summed E-state index contributed by atoms with van der Waals surface area (Å²) in [5, 5.41) is 0. The Kier molecular flexibility index (Phi) is 5.15. The first kappa shape index (κ1) is 17.3. The molecule has 4 rings (SSSR count). The standard InChI is InChI=1S/C23H22N2O2/c26-23(25-15-7-10-19(17-25)18-8-3-1-4-9-18)21-16-24-14-13-22(21)27-20-11-5-2-6-12-20/h1-6,8-9,11-14,16,19H,7,10,15,17H2. The van der Waals surface area contributed by atoms with E-state index in [1.807, 2.05) is 41.3 Å². The second-order valence-corrected chi connectivity index (χ2v) is 6.79. The van der Waals surface area contributed by atoms with E-state index >= 15 is 0 Å². The van der Waals surface area contributed by atoms with Crippen molar-refractivity contribution in [3.05, 3.63) is 90.3 Å². The largest absolute Gasteiger partial charge is 0.456 e. The van der Waals surface area contributed by atoms with Crippen LogP contribution < -0.4 is 4.74 Å². The Bertz CT molecular complexity index is 897. The van der Waals surface area contributed by atoms with Crippen LogP contribution in [0.15, 0.2) is 79.1 Å². The summed E-state index contributed by atoms with van der Waals surface area (Å²) in [6.45, 7) is 1.49. The summed E-state index contributed by atoms with van der Waals surface area (Å²) in [5.74, 6) is 1.61. The highest BCUT2D eigenvalue weighted by molar-refractivity contribution is 5.96. The van der Waals surface area contributed by atoms with E-state index < -0.39 is 0 Å². The molecule has 0 spiro atoms. The minimum Gasteiger partial charge on any atom is -0.456 e. The maximum atomic E-state index is 13.2. The number of rotatable bonds is 4. The molecule has 1 aliphatic heterocycles. The molecule has 2 aromatic carbocycles. The van der Waals surface area contributed by atoms with E-state index in [1.54, 1.807) is 18.5 Å². The molecule has 4 heteroatoms. The Morgan fingerprint density at radius 2 is 1.74 bits per heavy atom. The van der Waals surface area contributed by atoms with Crippen molar-refractivity contribution in [3.8, 4) is 11.5 Å². The van der Waals surface area contributed by atoms with Gasteiger partial charge in [-0.1, -0.05) is 48.5 Å². The van der Waals surface area contributed by atoms with Gasteiger partial charge in [0.1, 0.15) is 17.1 Å². The molecule has 1 fully saturated rings. The van der Waals surface area contributed by atoms with E-state index in [9.17, 15) is 4.79 Å². The van der Waals surface area contributed by atoms with Gasteiger partial charge in [-0.15, -0.1) is 0 Å². The molecule has 27 heavy (non-hydrogen) atoms. The van der Waals surface area contributed by atoms with Gasteiger partial charge >= 0.3 is 0 Å². The van der Waals surface area contributed by atoms with Crippen LogP contribution in [0.2, 0.25) is 0 Å². The first-order valence-corrected chi connectivity index (χ1v) is 9.32. The zero-order valence-electron chi connectivity index (χ0n) is 15.1. The molecule has 1 unspecified atom stereocenters. The summed E-state index contributed by atoms with van der Waals surface area (Å²) in [6, 6.07) is 21.7. The predicted octanol–water partition coefficient (Wildman–Crippen LogP) is 4.89. The monoisotopic (exact) mass is 358 g/mol. The summed E-state index contributed by atoms with van der Waals surface area (Å²) in [7, 11) is 0. The van der Waals surface area contributed by atoms with Gasteiger partial charge < -0.3 is 9.64 Å². The number of benzene rings is 2. The normalized spacial score (nSPS) is 16.7. The molecular formula is C23H22N2O2. The summed E-state index contributed by atoms with van der Waals surface area (Å²) >= 11 is 0. The van der Waals surface area contributed by atoms with E-state index in [2.05, 4.69) is 29.2 Å². The molecule has 4 nitrogen and oxygen atoms in total. The fraction of sp³-hybridized carbons (Fsp3) is 0.217. The Labute approximate surface area is 159 Å². The molecule has 0 N–H and O–H groups in total. The summed E-state index contributed by atoms with van der Waals surface area (Å²) in [6.07, 6.45) is 5.36.